The van der Waals surface area contributed by atoms with Crippen molar-refractivity contribution in [1.29, 1.82) is 0 Å². The maximum absolute atomic E-state index is 11.2. The predicted molar refractivity (Wildman–Crippen MR) is 74.8 cm³/mol. The lowest BCUT2D eigenvalue weighted by Crippen LogP contribution is -2.26. The number of anilines is 3. The van der Waals surface area contributed by atoms with Crippen molar-refractivity contribution in [1.82, 2.24) is 9.97 Å². The van der Waals surface area contributed by atoms with E-state index in [9.17, 15) is 10.1 Å². The van der Waals surface area contributed by atoms with Crippen LogP contribution in [0.4, 0.5) is 23.0 Å². The first kappa shape index (κ1) is 12.3. The number of hydrogen-bond donors (Lipinski definition) is 1. The number of para-hydroxylation sites is 1. The van der Waals surface area contributed by atoms with Crippen LogP contribution in [0.2, 0.25) is 0 Å². The largest absolute Gasteiger partial charge is 0.378 e. The first-order valence-corrected chi connectivity index (χ1v) is 6.21. The Bertz CT molecular complexity index is 688. The Hall–Kier alpha value is -2.70. The highest BCUT2D eigenvalue weighted by molar-refractivity contribution is 5.78. The van der Waals surface area contributed by atoms with E-state index in [1.165, 1.54) is 6.33 Å². The molecule has 1 atom stereocenters. The minimum Gasteiger partial charge on any atom is -0.378 e. The van der Waals surface area contributed by atoms with Crippen LogP contribution in [-0.4, -0.2) is 20.9 Å². The molecule has 0 radical (unpaired) electrons. The summed E-state index contributed by atoms with van der Waals surface area (Å²) in [5.74, 6) is 0.136. The molecule has 7 heteroatoms. The first-order valence-electron chi connectivity index (χ1n) is 6.21. The van der Waals surface area contributed by atoms with Crippen molar-refractivity contribution in [3.05, 3.63) is 46.3 Å². The molecule has 102 valence electrons. The lowest BCUT2D eigenvalue weighted by atomic mass is 10.1. The van der Waals surface area contributed by atoms with Gasteiger partial charge in [0.05, 0.1) is 4.92 Å². The fourth-order valence-corrected chi connectivity index (χ4v) is 2.62. The summed E-state index contributed by atoms with van der Waals surface area (Å²) in [5, 5.41) is 11.2. The minimum atomic E-state index is -0.529. The molecule has 0 saturated carbocycles. The van der Waals surface area contributed by atoms with Crippen LogP contribution in [0, 0.1) is 10.1 Å². The molecule has 0 fully saturated rings. The summed E-state index contributed by atoms with van der Waals surface area (Å²) in [7, 11) is 0. The van der Waals surface area contributed by atoms with Gasteiger partial charge in [-0.15, -0.1) is 0 Å². The van der Waals surface area contributed by atoms with E-state index in [0.717, 1.165) is 17.7 Å². The zero-order valence-corrected chi connectivity index (χ0v) is 10.9. The Morgan fingerprint density at radius 2 is 2.15 bits per heavy atom. The molecule has 0 saturated heterocycles. The van der Waals surface area contributed by atoms with Crippen LogP contribution in [0.25, 0.3) is 0 Å². The Balaban J connectivity index is 2.20. The normalized spacial score (nSPS) is 17.1. The second-order valence-electron chi connectivity index (χ2n) is 4.74. The summed E-state index contributed by atoms with van der Waals surface area (Å²) < 4.78 is 0. The quantitative estimate of drug-likeness (QED) is 0.663. The zero-order chi connectivity index (χ0) is 14.3. The highest BCUT2D eigenvalue weighted by Gasteiger charge is 2.34. The van der Waals surface area contributed by atoms with Crippen LogP contribution in [0.5, 0.6) is 0 Å². The average Bonchev–Trinajstić information content (AvgIpc) is 2.73. The SMILES string of the molecule is C[C@H]1Cc2ccccc2N1c1ncnc(N)c1[N+](=O)[O-]. The number of nitrogens with two attached hydrogens (primary N) is 1. The lowest BCUT2D eigenvalue weighted by molar-refractivity contribution is -0.383. The Labute approximate surface area is 115 Å². The standard InChI is InChI=1S/C13H13N5O2/c1-8-6-9-4-2-3-5-10(9)17(8)13-11(18(19)20)12(14)15-7-16-13/h2-5,7-8H,6H2,1H3,(H2,14,15,16)/t8-/m0/s1. The molecule has 2 aromatic rings. The molecule has 0 bridgehead atoms. The molecule has 0 spiro atoms. The number of nitro groups is 1. The molecule has 2 N–H and O–H groups in total. The van der Waals surface area contributed by atoms with Crippen molar-refractivity contribution in [3.63, 3.8) is 0 Å². The average molecular weight is 271 g/mol. The van der Waals surface area contributed by atoms with Crippen LogP contribution in [-0.2, 0) is 6.42 Å². The molecular formula is C13H13N5O2. The minimum absolute atomic E-state index is 0.0837. The molecule has 0 amide bonds. The third-order valence-electron chi connectivity index (χ3n) is 3.45. The Kier molecular flexibility index (Phi) is 2.74. The number of aromatic nitrogens is 2. The van der Waals surface area contributed by atoms with E-state index in [2.05, 4.69) is 9.97 Å². The van der Waals surface area contributed by atoms with Crippen molar-refractivity contribution in [2.75, 3.05) is 10.6 Å². The predicted octanol–water partition coefficient (Wildman–Crippen LogP) is 2.05. The van der Waals surface area contributed by atoms with E-state index in [1.807, 2.05) is 36.1 Å². The van der Waals surface area contributed by atoms with E-state index < -0.39 is 4.92 Å². The second kappa shape index (κ2) is 4.44. The number of rotatable bonds is 2. The summed E-state index contributed by atoms with van der Waals surface area (Å²) in [4.78, 5) is 20.4. The summed E-state index contributed by atoms with van der Waals surface area (Å²) in [6.45, 7) is 2.00. The fraction of sp³-hybridized carbons (Fsp3) is 0.231. The molecule has 1 aromatic carbocycles. The van der Waals surface area contributed by atoms with Gasteiger partial charge in [0, 0.05) is 11.7 Å². The van der Waals surface area contributed by atoms with Crippen molar-refractivity contribution in [2.24, 2.45) is 0 Å². The molecule has 0 unspecified atom stereocenters. The van der Waals surface area contributed by atoms with E-state index in [-0.39, 0.29) is 23.4 Å². The van der Waals surface area contributed by atoms with Gasteiger partial charge in [0.2, 0.25) is 11.6 Å². The molecule has 20 heavy (non-hydrogen) atoms. The molecule has 1 aliphatic rings. The second-order valence-corrected chi connectivity index (χ2v) is 4.74. The van der Waals surface area contributed by atoms with Gasteiger partial charge in [0.25, 0.3) is 0 Å². The van der Waals surface area contributed by atoms with Crippen molar-refractivity contribution < 1.29 is 4.92 Å². The Morgan fingerprint density at radius 1 is 1.40 bits per heavy atom. The van der Waals surface area contributed by atoms with E-state index in [4.69, 9.17) is 5.73 Å². The summed E-state index contributed by atoms with van der Waals surface area (Å²) in [5.41, 5.74) is 7.47. The van der Waals surface area contributed by atoms with E-state index in [0.29, 0.717) is 0 Å². The van der Waals surface area contributed by atoms with E-state index in [1.54, 1.807) is 0 Å². The smallest absolute Gasteiger partial charge is 0.353 e. The van der Waals surface area contributed by atoms with Crippen LogP contribution >= 0.6 is 0 Å². The van der Waals surface area contributed by atoms with Gasteiger partial charge < -0.3 is 10.6 Å². The van der Waals surface area contributed by atoms with Gasteiger partial charge >= 0.3 is 5.69 Å². The monoisotopic (exact) mass is 271 g/mol. The third kappa shape index (κ3) is 1.75. The van der Waals surface area contributed by atoms with Gasteiger partial charge in [0.15, 0.2) is 0 Å². The number of fused-ring (bicyclic) bond motifs is 1. The highest BCUT2D eigenvalue weighted by Crippen LogP contribution is 2.41. The van der Waals surface area contributed by atoms with Crippen LogP contribution in [0.15, 0.2) is 30.6 Å². The molecule has 7 nitrogen and oxygen atoms in total. The molecule has 0 aliphatic carbocycles. The lowest BCUT2D eigenvalue weighted by Gasteiger charge is -2.23. The molecule has 3 rings (SSSR count). The maximum Gasteiger partial charge on any atom is 0.353 e. The van der Waals surface area contributed by atoms with Crippen molar-refractivity contribution in [2.45, 2.75) is 19.4 Å². The highest BCUT2D eigenvalue weighted by atomic mass is 16.6. The van der Waals surface area contributed by atoms with Gasteiger partial charge in [-0.05, 0) is 25.0 Å². The molecular weight excluding hydrogens is 258 g/mol. The summed E-state index contributed by atoms with van der Waals surface area (Å²) >= 11 is 0. The van der Waals surface area contributed by atoms with E-state index >= 15 is 0 Å². The van der Waals surface area contributed by atoms with Gasteiger partial charge in [-0.1, -0.05) is 18.2 Å². The van der Waals surface area contributed by atoms with Gasteiger partial charge in [-0.2, -0.15) is 0 Å². The maximum atomic E-state index is 11.2. The number of benzene rings is 1. The number of nitrogens with zero attached hydrogens (tertiary/aromatic N) is 4. The first-order chi connectivity index (χ1) is 9.59. The Morgan fingerprint density at radius 3 is 2.90 bits per heavy atom. The summed E-state index contributed by atoms with van der Waals surface area (Å²) in [6.07, 6.45) is 2.07. The molecule has 1 aliphatic heterocycles. The van der Waals surface area contributed by atoms with Crippen LogP contribution in [0.3, 0.4) is 0 Å². The van der Waals surface area contributed by atoms with Gasteiger partial charge in [0.1, 0.15) is 6.33 Å². The van der Waals surface area contributed by atoms with Crippen molar-refractivity contribution >= 4 is 23.0 Å². The topological polar surface area (TPSA) is 98.2 Å². The van der Waals surface area contributed by atoms with Gasteiger partial charge in [-0.25, -0.2) is 9.97 Å². The zero-order valence-electron chi connectivity index (χ0n) is 10.9. The molecule has 2 heterocycles. The van der Waals surface area contributed by atoms with Crippen molar-refractivity contribution in [3.8, 4) is 0 Å². The van der Waals surface area contributed by atoms with Crippen LogP contribution < -0.4 is 10.6 Å². The van der Waals surface area contributed by atoms with Crippen LogP contribution in [0.1, 0.15) is 12.5 Å². The number of hydrogen-bond acceptors (Lipinski definition) is 6. The third-order valence-corrected chi connectivity index (χ3v) is 3.45. The summed E-state index contributed by atoms with van der Waals surface area (Å²) in [6, 6.07) is 7.89. The van der Waals surface area contributed by atoms with Gasteiger partial charge in [-0.3, -0.25) is 10.1 Å². The fourth-order valence-electron chi connectivity index (χ4n) is 2.62. The molecule has 1 aromatic heterocycles. The number of nitrogen functional groups attached to an aromatic ring is 1.